The Morgan fingerprint density at radius 1 is 1.33 bits per heavy atom. The molecule has 0 aromatic carbocycles. The SMILES string of the molecule is CC(=O)O.[Cr].[O]=[Cr](=[O])=[O]. The Morgan fingerprint density at radius 3 is 1.33 bits per heavy atom. The van der Waals surface area contributed by atoms with Crippen LogP contribution in [0.3, 0.4) is 0 Å². The van der Waals surface area contributed by atoms with Crippen LogP contribution in [0.1, 0.15) is 6.92 Å². The van der Waals surface area contributed by atoms with Crippen molar-refractivity contribution in [2.45, 2.75) is 6.92 Å². The molecule has 0 amide bonds. The van der Waals surface area contributed by atoms with Gasteiger partial charge in [0.2, 0.25) is 0 Å². The van der Waals surface area contributed by atoms with E-state index in [0.29, 0.717) is 0 Å². The number of carboxylic acids is 1. The number of hydrogen-bond donors (Lipinski definition) is 1. The number of carboxylic acid groups (broad SMARTS) is 1. The van der Waals surface area contributed by atoms with Gasteiger partial charge in [0.05, 0.1) is 0 Å². The van der Waals surface area contributed by atoms with Crippen LogP contribution in [0.4, 0.5) is 0 Å². The minimum absolute atomic E-state index is 0. The summed E-state index contributed by atoms with van der Waals surface area (Å²) < 4.78 is 25.6. The fourth-order valence-corrected chi connectivity index (χ4v) is 0. The summed E-state index contributed by atoms with van der Waals surface area (Å²) in [5.74, 6) is -0.833. The monoisotopic (exact) mass is 212 g/mol. The Labute approximate surface area is 65.8 Å². The van der Waals surface area contributed by atoms with Crippen molar-refractivity contribution in [3.05, 3.63) is 0 Å². The van der Waals surface area contributed by atoms with Crippen LogP contribution in [0.15, 0.2) is 0 Å². The Morgan fingerprint density at radius 2 is 1.33 bits per heavy atom. The van der Waals surface area contributed by atoms with Crippen LogP contribution >= 0.6 is 0 Å². The predicted octanol–water partition coefficient (Wildman–Crippen LogP) is -0.271. The van der Waals surface area contributed by atoms with Crippen LogP contribution in [0.25, 0.3) is 0 Å². The molecule has 0 aliphatic carbocycles. The fourth-order valence-electron chi connectivity index (χ4n) is 0. The van der Waals surface area contributed by atoms with Crippen molar-refractivity contribution in [3.63, 3.8) is 0 Å². The van der Waals surface area contributed by atoms with Crippen LogP contribution in [0, 0.1) is 0 Å². The van der Waals surface area contributed by atoms with Crippen LogP contribution in [0.2, 0.25) is 0 Å². The molecule has 0 saturated heterocycles. The normalized spacial score (nSPS) is 5.44. The third-order valence-corrected chi connectivity index (χ3v) is 0. The quantitative estimate of drug-likeness (QED) is 0.596. The van der Waals surface area contributed by atoms with E-state index in [1.165, 1.54) is 0 Å². The van der Waals surface area contributed by atoms with E-state index in [2.05, 4.69) is 0 Å². The molecule has 0 radical (unpaired) electrons. The second-order valence-corrected chi connectivity index (χ2v) is 1.36. The Hall–Kier alpha value is -0.0651. The van der Waals surface area contributed by atoms with Gasteiger partial charge in [-0.2, -0.15) is 0 Å². The third-order valence-electron chi connectivity index (χ3n) is 0. The first-order valence-electron chi connectivity index (χ1n) is 1.43. The zero-order chi connectivity index (χ0) is 7.15. The van der Waals surface area contributed by atoms with E-state index in [0.717, 1.165) is 6.92 Å². The molecular formula is C2H4Cr2O5. The topological polar surface area (TPSA) is 88.5 Å². The molecule has 0 aromatic heterocycles. The molecule has 9 heavy (non-hydrogen) atoms. The van der Waals surface area contributed by atoms with Gasteiger partial charge in [0, 0.05) is 24.3 Å². The molecule has 5 nitrogen and oxygen atoms in total. The van der Waals surface area contributed by atoms with E-state index < -0.39 is 19.9 Å². The average Bonchev–Trinajstić information content (AvgIpc) is 1.25. The van der Waals surface area contributed by atoms with Gasteiger partial charge >= 0.3 is 25.4 Å². The van der Waals surface area contributed by atoms with Crippen molar-refractivity contribution >= 4 is 5.97 Å². The number of aliphatic carboxylic acids is 1. The van der Waals surface area contributed by atoms with Crippen molar-refractivity contribution in [3.8, 4) is 0 Å². The van der Waals surface area contributed by atoms with E-state index >= 15 is 0 Å². The molecule has 0 unspecified atom stereocenters. The summed E-state index contributed by atoms with van der Waals surface area (Å²) in [6.45, 7) is 1.08. The molecular weight excluding hydrogens is 208 g/mol. The summed E-state index contributed by atoms with van der Waals surface area (Å²) in [5, 5.41) is 7.42. The number of carbonyl (C=O) groups is 1. The molecule has 0 bridgehead atoms. The minimum atomic E-state index is -3.79. The van der Waals surface area contributed by atoms with Crippen molar-refractivity contribution < 1.29 is 52.6 Å². The zero-order valence-electron chi connectivity index (χ0n) is 4.40. The predicted molar refractivity (Wildman–Crippen MR) is 15.4 cm³/mol. The zero-order valence-corrected chi connectivity index (χ0v) is 6.95. The molecule has 7 heteroatoms. The van der Waals surface area contributed by atoms with Gasteiger partial charge in [-0.3, -0.25) is 4.79 Å². The van der Waals surface area contributed by atoms with Crippen LogP contribution in [-0.2, 0) is 47.5 Å². The molecule has 0 atom stereocenters. The van der Waals surface area contributed by atoms with E-state index in [4.69, 9.17) is 21.3 Å². The maximum atomic E-state index is 9.00. The summed E-state index contributed by atoms with van der Waals surface area (Å²) >= 11 is -3.79. The van der Waals surface area contributed by atoms with Crippen molar-refractivity contribution in [1.29, 1.82) is 0 Å². The summed E-state index contributed by atoms with van der Waals surface area (Å²) in [7, 11) is 0. The van der Waals surface area contributed by atoms with E-state index in [-0.39, 0.29) is 17.4 Å². The van der Waals surface area contributed by atoms with Crippen LogP contribution in [0.5, 0.6) is 0 Å². The van der Waals surface area contributed by atoms with Crippen molar-refractivity contribution in [2.24, 2.45) is 0 Å². The summed E-state index contributed by atoms with van der Waals surface area (Å²) in [6.07, 6.45) is 0. The molecule has 0 aliphatic heterocycles. The first-order chi connectivity index (χ1) is 3.46. The molecule has 0 spiro atoms. The fraction of sp³-hybridized carbons (Fsp3) is 0.500. The summed E-state index contributed by atoms with van der Waals surface area (Å²) in [5.41, 5.74) is 0. The van der Waals surface area contributed by atoms with Gasteiger partial charge in [-0.1, -0.05) is 0 Å². The summed E-state index contributed by atoms with van der Waals surface area (Å²) in [4.78, 5) is 9.00. The molecule has 0 rings (SSSR count). The number of rotatable bonds is 0. The average molecular weight is 212 g/mol. The molecule has 1 N–H and O–H groups in total. The maximum absolute atomic E-state index is 9.00. The van der Waals surface area contributed by atoms with Crippen LogP contribution in [-0.4, -0.2) is 11.1 Å². The van der Waals surface area contributed by atoms with Gasteiger partial charge in [-0.25, -0.2) is 0 Å². The second kappa shape index (κ2) is 10.8. The van der Waals surface area contributed by atoms with Crippen molar-refractivity contribution in [1.82, 2.24) is 0 Å². The Bertz CT molecular complexity index is 142. The number of hydrogen-bond acceptors (Lipinski definition) is 4. The standard InChI is InChI=1S/C2H4O2.2Cr.3O/c1-2(3)4;;;;;/h1H3,(H,3,4);;;;;. The second-order valence-electron chi connectivity index (χ2n) is 0.723. The Balaban J connectivity index is -0.0000000720. The molecule has 0 saturated carbocycles. The third kappa shape index (κ3) is 66000. The molecule has 0 heterocycles. The first-order valence-corrected chi connectivity index (χ1v) is 2.99. The van der Waals surface area contributed by atoms with E-state index in [1.807, 2.05) is 0 Å². The van der Waals surface area contributed by atoms with Crippen molar-refractivity contribution in [2.75, 3.05) is 0 Å². The Kier molecular flexibility index (Phi) is 19.2. The van der Waals surface area contributed by atoms with Gasteiger partial charge in [0.1, 0.15) is 0 Å². The molecule has 0 aromatic rings. The van der Waals surface area contributed by atoms with E-state index in [1.54, 1.807) is 0 Å². The molecule has 0 fully saturated rings. The van der Waals surface area contributed by atoms with Gasteiger partial charge in [-0.15, -0.1) is 0 Å². The summed E-state index contributed by atoms with van der Waals surface area (Å²) in [6, 6.07) is 0. The first kappa shape index (κ1) is 16.0. The van der Waals surface area contributed by atoms with Gasteiger partial charge < -0.3 is 5.11 Å². The molecule has 54 valence electrons. The van der Waals surface area contributed by atoms with Gasteiger partial charge in [0.25, 0.3) is 5.97 Å². The van der Waals surface area contributed by atoms with Gasteiger partial charge in [-0.05, 0) is 0 Å². The molecule has 0 aliphatic rings. The van der Waals surface area contributed by atoms with E-state index in [9.17, 15) is 0 Å². The van der Waals surface area contributed by atoms with Crippen LogP contribution < -0.4 is 0 Å². The van der Waals surface area contributed by atoms with Gasteiger partial charge in [0.15, 0.2) is 0 Å².